The van der Waals surface area contributed by atoms with Crippen molar-refractivity contribution in [2.24, 2.45) is 0 Å². The molecular weight excluding hydrogens is 272 g/mol. The van der Waals surface area contributed by atoms with Crippen molar-refractivity contribution in [1.82, 2.24) is 10.2 Å². The fraction of sp³-hybridized carbons (Fsp3) is 0.400. The molecule has 0 bridgehead atoms. The molecule has 1 aromatic rings. The number of carbonyl (C=O) groups excluding carboxylic acids is 3. The number of amides is 2. The topological polar surface area (TPSA) is 75.7 Å². The van der Waals surface area contributed by atoms with Crippen LogP contribution in [0, 0.1) is 0 Å². The first-order valence-electron chi connectivity index (χ1n) is 6.83. The van der Waals surface area contributed by atoms with Crippen LogP contribution in [0.3, 0.4) is 0 Å². The Balaban J connectivity index is 2.05. The number of benzene rings is 1. The van der Waals surface area contributed by atoms with Gasteiger partial charge in [0.1, 0.15) is 0 Å². The van der Waals surface area contributed by atoms with E-state index in [1.807, 2.05) is 6.07 Å². The van der Waals surface area contributed by atoms with Crippen LogP contribution in [0.1, 0.15) is 22.8 Å². The van der Waals surface area contributed by atoms with Gasteiger partial charge in [0.25, 0.3) is 5.91 Å². The molecule has 1 aliphatic rings. The molecule has 21 heavy (non-hydrogen) atoms. The highest BCUT2D eigenvalue weighted by molar-refractivity contribution is 5.96. The summed E-state index contributed by atoms with van der Waals surface area (Å²) in [5.74, 6) is -1.11. The molecule has 0 saturated heterocycles. The third kappa shape index (κ3) is 3.39. The highest BCUT2D eigenvalue weighted by Crippen LogP contribution is 2.21. The van der Waals surface area contributed by atoms with Crippen LogP contribution in [0.2, 0.25) is 0 Å². The summed E-state index contributed by atoms with van der Waals surface area (Å²) in [5, 5.41) is 2.62. The van der Waals surface area contributed by atoms with Gasteiger partial charge in [0.05, 0.1) is 12.1 Å². The average Bonchev–Trinajstić information content (AvgIpc) is 2.46. The lowest BCUT2D eigenvalue weighted by atomic mass is 9.98. The number of nitrogens with one attached hydrogen (secondary N) is 1. The highest BCUT2D eigenvalue weighted by atomic mass is 16.5. The molecule has 0 saturated carbocycles. The number of rotatable bonds is 4. The Morgan fingerprint density at radius 1 is 1.38 bits per heavy atom. The molecule has 1 aliphatic heterocycles. The predicted molar refractivity (Wildman–Crippen MR) is 75.7 cm³/mol. The molecule has 0 aromatic heterocycles. The number of ether oxygens (including phenoxy) is 1. The Bertz CT molecular complexity index is 571. The second kappa shape index (κ2) is 6.39. The molecule has 6 nitrogen and oxygen atoms in total. The van der Waals surface area contributed by atoms with E-state index in [1.165, 1.54) is 11.9 Å². The Labute approximate surface area is 123 Å². The van der Waals surface area contributed by atoms with Crippen molar-refractivity contribution in [2.75, 3.05) is 20.1 Å². The monoisotopic (exact) mass is 290 g/mol. The van der Waals surface area contributed by atoms with Crippen molar-refractivity contribution in [3.05, 3.63) is 35.4 Å². The number of likely N-dealkylation sites (N-methyl/N-ethyl adjacent to an activating group) is 2. The molecule has 0 fully saturated rings. The van der Waals surface area contributed by atoms with Gasteiger partial charge in [0.2, 0.25) is 5.91 Å². The van der Waals surface area contributed by atoms with Crippen LogP contribution in [0.25, 0.3) is 0 Å². The molecule has 1 unspecified atom stereocenters. The van der Waals surface area contributed by atoms with Gasteiger partial charge in [-0.2, -0.15) is 0 Å². The van der Waals surface area contributed by atoms with Crippen molar-refractivity contribution in [3.8, 4) is 0 Å². The fourth-order valence-corrected chi connectivity index (χ4v) is 2.26. The molecule has 2 amide bonds. The number of hydrogen-bond donors (Lipinski definition) is 1. The quantitative estimate of drug-likeness (QED) is 0.813. The van der Waals surface area contributed by atoms with Gasteiger partial charge in [-0.25, -0.2) is 4.79 Å². The minimum absolute atomic E-state index is 0.0532. The molecule has 0 aliphatic carbocycles. The van der Waals surface area contributed by atoms with Gasteiger partial charge in [-0.3, -0.25) is 9.59 Å². The van der Waals surface area contributed by atoms with Crippen molar-refractivity contribution in [2.45, 2.75) is 19.4 Å². The van der Waals surface area contributed by atoms with Crippen LogP contribution >= 0.6 is 0 Å². The Hall–Kier alpha value is -2.37. The molecule has 2 rings (SSSR count). The van der Waals surface area contributed by atoms with Crippen LogP contribution < -0.4 is 5.32 Å². The molecule has 1 heterocycles. The summed E-state index contributed by atoms with van der Waals surface area (Å²) < 4.78 is 5.18. The van der Waals surface area contributed by atoms with Gasteiger partial charge in [-0.05, 0) is 18.6 Å². The van der Waals surface area contributed by atoms with E-state index in [2.05, 4.69) is 5.32 Å². The van der Waals surface area contributed by atoms with Crippen molar-refractivity contribution in [1.29, 1.82) is 0 Å². The largest absolute Gasteiger partial charge is 0.448 e. The first-order valence-corrected chi connectivity index (χ1v) is 6.83. The zero-order chi connectivity index (χ0) is 15.4. The van der Waals surface area contributed by atoms with Crippen LogP contribution in [-0.4, -0.2) is 48.9 Å². The first-order chi connectivity index (χ1) is 10.0. The smallest absolute Gasteiger partial charge is 0.339 e. The summed E-state index contributed by atoms with van der Waals surface area (Å²) in [6.45, 7) is 2.26. The van der Waals surface area contributed by atoms with Gasteiger partial charge in [-0.1, -0.05) is 18.2 Å². The van der Waals surface area contributed by atoms with Gasteiger partial charge in [0.15, 0.2) is 6.10 Å². The average molecular weight is 290 g/mol. The zero-order valence-corrected chi connectivity index (χ0v) is 12.1. The first kappa shape index (κ1) is 15.0. The third-order valence-corrected chi connectivity index (χ3v) is 3.30. The minimum atomic E-state index is -0.869. The maximum absolute atomic E-state index is 12.3. The van der Waals surface area contributed by atoms with Gasteiger partial charge < -0.3 is 15.0 Å². The van der Waals surface area contributed by atoms with Crippen molar-refractivity contribution < 1.29 is 19.1 Å². The van der Waals surface area contributed by atoms with Crippen LogP contribution in [0.4, 0.5) is 0 Å². The fourth-order valence-electron chi connectivity index (χ4n) is 2.26. The number of fused-ring (bicyclic) bond motifs is 1. The zero-order valence-electron chi connectivity index (χ0n) is 12.1. The van der Waals surface area contributed by atoms with Crippen molar-refractivity contribution >= 4 is 17.8 Å². The molecule has 6 heteroatoms. The number of esters is 1. The third-order valence-electron chi connectivity index (χ3n) is 3.30. The highest BCUT2D eigenvalue weighted by Gasteiger charge is 2.33. The lowest BCUT2D eigenvalue weighted by molar-refractivity contribution is -0.142. The van der Waals surface area contributed by atoms with Gasteiger partial charge in [0, 0.05) is 20.0 Å². The minimum Gasteiger partial charge on any atom is -0.448 e. The van der Waals surface area contributed by atoms with E-state index < -0.39 is 12.1 Å². The normalized spacial score (nSPS) is 16.7. The SMILES string of the molecule is CCNC(=O)CN(C)C(=O)C1Cc2ccccc2C(=O)O1. The molecule has 1 N–H and O–H groups in total. The van der Waals surface area contributed by atoms with E-state index >= 15 is 0 Å². The maximum atomic E-state index is 12.3. The Morgan fingerprint density at radius 2 is 2.10 bits per heavy atom. The van der Waals surface area contributed by atoms with Crippen LogP contribution in [0.5, 0.6) is 0 Å². The molecule has 0 radical (unpaired) electrons. The number of carbonyl (C=O) groups is 3. The standard InChI is InChI=1S/C15H18N2O4/c1-3-16-13(18)9-17(2)14(19)12-8-10-6-4-5-7-11(10)15(20)21-12/h4-7,12H,3,8-9H2,1-2H3,(H,16,18). The molecule has 0 spiro atoms. The van der Waals surface area contributed by atoms with Gasteiger partial charge >= 0.3 is 5.97 Å². The number of nitrogens with zero attached hydrogens (tertiary/aromatic N) is 1. The second-order valence-electron chi connectivity index (χ2n) is 4.90. The van der Waals surface area contributed by atoms with Gasteiger partial charge in [-0.15, -0.1) is 0 Å². The lowest BCUT2D eigenvalue weighted by Crippen LogP contribution is -2.46. The number of hydrogen-bond acceptors (Lipinski definition) is 4. The van der Waals surface area contributed by atoms with Crippen LogP contribution in [-0.2, 0) is 20.7 Å². The number of cyclic esters (lactones) is 1. The van der Waals surface area contributed by atoms with E-state index in [9.17, 15) is 14.4 Å². The van der Waals surface area contributed by atoms with Crippen molar-refractivity contribution in [3.63, 3.8) is 0 Å². The second-order valence-corrected chi connectivity index (χ2v) is 4.90. The molecule has 112 valence electrons. The van der Waals surface area contributed by atoms with Crippen LogP contribution in [0.15, 0.2) is 24.3 Å². The summed E-state index contributed by atoms with van der Waals surface area (Å²) >= 11 is 0. The van der Waals surface area contributed by atoms with E-state index in [-0.39, 0.29) is 18.4 Å². The summed E-state index contributed by atoms with van der Waals surface area (Å²) in [6, 6.07) is 7.05. The maximum Gasteiger partial charge on any atom is 0.339 e. The van der Waals surface area contributed by atoms with E-state index in [4.69, 9.17) is 4.74 Å². The lowest BCUT2D eigenvalue weighted by Gasteiger charge is -2.27. The summed E-state index contributed by atoms with van der Waals surface area (Å²) in [4.78, 5) is 36.9. The predicted octanol–water partition coefficient (Wildman–Crippen LogP) is 0.363. The summed E-state index contributed by atoms with van der Waals surface area (Å²) in [6.07, 6.45) is -0.535. The molecule has 1 atom stereocenters. The Morgan fingerprint density at radius 3 is 2.81 bits per heavy atom. The summed E-state index contributed by atoms with van der Waals surface area (Å²) in [5.41, 5.74) is 1.28. The van der Waals surface area contributed by atoms with E-state index in [0.717, 1.165) is 5.56 Å². The Kier molecular flexibility index (Phi) is 4.57. The summed E-state index contributed by atoms with van der Waals surface area (Å²) in [7, 11) is 1.52. The molecule has 1 aromatic carbocycles. The van der Waals surface area contributed by atoms with E-state index in [0.29, 0.717) is 18.5 Å². The van der Waals surface area contributed by atoms with E-state index in [1.54, 1.807) is 25.1 Å². The molecular formula is C15H18N2O4.